The van der Waals surface area contributed by atoms with Crippen molar-refractivity contribution in [3.05, 3.63) is 35.6 Å². The first-order valence-electron chi connectivity index (χ1n) is 8.36. The molecule has 0 aromatic heterocycles. The van der Waals surface area contributed by atoms with Gasteiger partial charge in [0.25, 0.3) is 0 Å². The molecule has 0 bridgehead atoms. The molecule has 1 fully saturated rings. The molecule has 5 heteroatoms. The molecule has 1 heterocycles. The van der Waals surface area contributed by atoms with Gasteiger partial charge in [0.15, 0.2) is 0 Å². The number of rotatable bonds is 7. The van der Waals surface area contributed by atoms with Gasteiger partial charge in [-0.05, 0) is 70.4 Å². The van der Waals surface area contributed by atoms with Crippen LogP contribution in [0, 0.1) is 5.82 Å². The lowest BCUT2D eigenvalue weighted by Crippen LogP contribution is -2.47. The van der Waals surface area contributed by atoms with Gasteiger partial charge in [-0.25, -0.2) is 4.39 Å². The summed E-state index contributed by atoms with van der Waals surface area (Å²) in [6.07, 6.45) is 3.92. The third-order valence-electron chi connectivity index (χ3n) is 4.87. The van der Waals surface area contributed by atoms with Gasteiger partial charge >= 0.3 is 5.97 Å². The van der Waals surface area contributed by atoms with Gasteiger partial charge in [0.05, 0.1) is 6.54 Å². The minimum Gasteiger partial charge on any atom is -0.480 e. The number of carboxylic acid groups (broad SMARTS) is 1. The minimum absolute atomic E-state index is 0.111. The summed E-state index contributed by atoms with van der Waals surface area (Å²) in [6.45, 7) is 4.33. The maximum atomic E-state index is 13.2. The number of likely N-dealkylation sites (N-methyl/N-ethyl adjacent to an activating group) is 1. The first-order valence-corrected chi connectivity index (χ1v) is 8.36. The Labute approximate surface area is 137 Å². The second-order valence-corrected chi connectivity index (χ2v) is 6.59. The van der Waals surface area contributed by atoms with E-state index in [0.29, 0.717) is 12.1 Å². The maximum absolute atomic E-state index is 13.2. The number of aliphatic carboxylic acids is 1. The smallest absolute Gasteiger partial charge is 0.317 e. The average Bonchev–Trinajstić information content (AvgIpc) is 2.52. The van der Waals surface area contributed by atoms with Crippen molar-refractivity contribution in [2.45, 2.75) is 44.7 Å². The van der Waals surface area contributed by atoms with Crippen LogP contribution in [-0.4, -0.2) is 59.6 Å². The highest BCUT2D eigenvalue weighted by atomic mass is 19.1. The lowest BCUT2D eigenvalue weighted by Gasteiger charge is -2.39. The number of likely N-dealkylation sites (tertiary alicyclic amines) is 1. The number of carboxylic acids is 1. The molecule has 0 saturated carbocycles. The van der Waals surface area contributed by atoms with Crippen LogP contribution in [0.25, 0.3) is 0 Å². The largest absolute Gasteiger partial charge is 0.480 e. The Morgan fingerprint density at radius 3 is 2.74 bits per heavy atom. The predicted octanol–water partition coefficient (Wildman–Crippen LogP) is 2.63. The second kappa shape index (κ2) is 8.41. The van der Waals surface area contributed by atoms with E-state index < -0.39 is 5.97 Å². The molecule has 0 radical (unpaired) electrons. The number of nitrogens with zero attached hydrogens (tertiary/aromatic N) is 2. The fourth-order valence-corrected chi connectivity index (χ4v) is 3.36. The molecule has 1 aliphatic heterocycles. The third kappa shape index (κ3) is 5.59. The van der Waals surface area contributed by atoms with Crippen molar-refractivity contribution in [2.24, 2.45) is 0 Å². The summed E-state index contributed by atoms with van der Waals surface area (Å²) < 4.78 is 13.2. The molecule has 4 nitrogen and oxygen atoms in total. The number of hydrogen-bond donors (Lipinski definition) is 1. The van der Waals surface area contributed by atoms with Crippen LogP contribution in [0.15, 0.2) is 24.3 Å². The van der Waals surface area contributed by atoms with E-state index in [1.54, 1.807) is 12.1 Å². The molecule has 128 valence electrons. The van der Waals surface area contributed by atoms with E-state index in [0.717, 1.165) is 44.3 Å². The second-order valence-electron chi connectivity index (χ2n) is 6.59. The van der Waals surface area contributed by atoms with Gasteiger partial charge in [-0.1, -0.05) is 12.1 Å². The zero-order valence-electron chi connectivity index (χ0n) is 14.0. The SMILES string of the molecule is CC(CCc1cccc(F)c1)N1CCC(N(C)CC(=O)O)CC1. The number of aryl methyl sites for hydroxylation is 1. The summed E-state index contributed by atoms with van der Waals surface area (Å²) in [5.74, 6) is -0.934. The van der Waals surface area contributed by atoms with Gasteiger partial charge < -0.3 is 10.0 Å². The summed E-state index contributed by atoms with van der Waals surface area (Å²) in [5.41, 5.74) is 1.05. The number of benzene rings is 1. The molecule has 0 amide bonds. The van der Waals surface area contributed by atoms with E-state index in [2.05, 4.69) is 11.8 Å². The van der Waals surface area contributed by atoms with Gasteiger partial charge in [0, 0.05) is 12.1 Å². The zero-order valence-corrected chi connectivity index (χ0v) is 14.0. The molecule has 1 N–H and O–H groups in total. The third-order valence-corrected chi connectivity index (χ3v) is 4.87. The van der Waals surface area contributed by atoms with Gasteiger partial charge in [0.2, 0.25) is 0 Å². The first kappa shape index (κ1) is 17.9. The molecule has 2 rings (SSSR count). The molecule has 23 heavy (non-hydrogen) atoms. The van der Waals surface area contributed by atoms with Crippen LogP contribution >= 0.6 is 0 Å². The molecule has 1 aromatic rings. The van der Waals surface area contributed by atoms with Crippen molar-refractivity contribution in [1.82, 2.24) is 9.80 Å². The molecule has 1 aliphatic rings. The normalized spacial score (nSPS) is 18.3. The number of hydrogen-bond acceptors (Lipinski definition) is 3. The lowest BCUT2D eigenvalue weighted by atomic mass is 9.99. The molecular formula is C18H27FN2O2. The molecule has 1 aromatic carbocycles. The fraction of sp³-hybridized carbons (Fsp3) is 0.611. The Morgan fingerprint density at radius 1 is 1.43 bits per heavy atom. The Hall–Kier alpha value is -1.46. The number of halogens is 1. The Bertz CT molecular complexity index is 515. The average molecular weight is 322 g/mol. The molecule has 0 spiro atoms. The van der Waals surface area contributed by atoms with Crippen LogP contribution in [0.4, 0.5) is 4.39 Å². The van der Waals surface area contributed by atoms with E-state index in [-0.39, 0.29) is 12.4 Å². The van der Waals surface area contributed by atoms with E-state index >= 15 is 0 Å². The topological polar surface area (TPSA) is 43.8 Å². The highest BCUT2D eigenvalue weighted by Gasteiger charge is 2.25. The van der Waals surface area contributed by atoms with Crippen LogP contribution in [-0.2, 0) is 11.2 Å². The zero-order chi connectivity index (χ0) is 16.8. The van der Waals surface area contributed by atoms with E-state index in [9.17, 15) is 9.18 Å². The number of piperidine rings is 1. The predicted molar refractivity (Wildman–Crippen MR) is 89.0 cm³/mol. The fourth-order valence-electron chi connectivity index (χ4n) is 3.36. The van der Waals surface area contributed by atoms with Crippen molar-refractivity contribution in [3.63, 3.8) is 0 Å². The van der Waals surface area contributed by atoms with Gasteiger partial charge in [0.1, 0.15) is 5.82 Å². The van der Waals surface area contributed by atoms with Crippen LogP contribution in [0.1, 0.15) is 31.7 Å². The van der Waals surface area contributed by atoms with Crippen LogP contribution in [0.3, 0.4) is 0 Å². The molecule has 1 atom stereocenters. The monoisotopic (exact) mass is 322 g/mol. The summed E-state index contributed by atoms with van der Waals surface area (Å²) in [7, 11) is 1.89. The lowest BCUT2D eigenvalue weighted by molar-refractivity contribution is -0.138. The van der Waals surface area contributed by atoms with Crippen molar-refractivity contribution in [3.8, 4) is 0 Å². The van der Waals surface area contributed by atoms with Gasteiger partial charge in [-0.3, -0.25) is 9.69 Å². The highest BCUT2D eigenvalue weighted by molar-refractivity contribution is 5.69. The standard InChI is InChI=1S/C18H27FN2O2/c1-14(6-7-15-4-3-5-16(19)12-15)21-10-8-17(9-11-21)20(2)13-18(22)23/h3-5,12,14,17H,6-11,13H2,1-2H3,(H,22,23). The van der Waals surface area contributed by atoms with Crippen molar-refractivity contribution in [2.75, 3.05) is 26.7 Å². The highest BCUT2D eigenvalue weighted by Crippen LogP contribution is 2.19. The quantitative estimate of drug-likeness (QED) is 0.838. The number of carbonyl (C=O) groups is 1. The minimum atomic E-state index is -0.765. The van der Waals surface area contributed by atoms with Crippen molar-refractivity contribution in [1.29, 1.82) is 0 Å². The van der Waals surface area contributed by atoms with E-state index in [1.807, 2.05) is 18.0 Å². The van der Waals surface area contributed by atoms with Gasteiger partial charge in [-0.15, -0.1) is 0 Å². The van der Waals surface area contributed by atoms with Crippen LogP contribution < -0.4 is 0 Å². The van der Waals surface area contributed by atoms with Gasteiger partial charge in [-0.2, -0.15) is 0 Å². The Morgan fingerprint density at radius 2 is 2.13 bits per heavy atom. The van der Waals surface area contributed by atoms with Crippen LogP contribution in [0.5, 0.6) is 0 Å². The summed E-state index contributed by atoms with van der Waals surface area (Å²) in [6, 6.07) is 7.65. The molecular weight excluding hydrogens is 295 g/mol. The Balaban J connectivity index is 1.75. The first-order chi connectivity index (χ1) is 11.0. The van der Waals surface area contributed by atoms with E-state index in [1.165, 1.54) is 6.07 Å². The summed E-state index contributed by atoms with van der Waals surface area (Å²) >= 11 is 0. The van der Waals surface area contributed by atoms with Crippen molar-refractivity contribution < 1.29 is 14.3 Å². The van der Waals surface area contributed by atoms with Crippen LogP contribution in [0.2, 0.25) is 0 Å². The Kier molecular flexibility index (Phi) is 6.54. The molecule has 0 aliphatic carbocycles. The maximum Gasteiger partial charge on any atom is 0.317 e. The summed E-state index contributed by atoms with van der Waals surface area (Å²) in [4.78, 5) is 15.2. The van der Waals surface area contributed by atoms with E-state index in [4.69, 9.17) is 5.11 Å². The molecule has 1 saturated heterocycles. The summed E-state index contributed by atoms with van der Waals surface area (Å²) in [5, 5.41) is 8.87. The van der Waals surface area contributed by atoms with Crippen molar-refractivity contribution >= 4 is 5.97 Å². The molecule has 1 unspecified atom stereocenters.